The molecule has 0 aliphatic rings. The summed E-state index contributed by atoms with van der Waals surface area (Å²) in [7, 11) is -3.31. The van der Waals surface area contributed by atoms with E-state index < -0.39 is 15.6 Å². The molecule has 7 nitrogen and oxygen atoms in total. The highest BCUT2D eigenvalue weighted by molar-refractivity contribution is 7.92. The topological polar surface area (TPSA) is 114 Å². The van der Waals surface area contributed by atoms with E-state index in [0.717, 1.165) is 18.2 Å². The first kappa shape index (κ1) is 19.4. The van der Waals surface area contributed by atoms with E-state index in [2.05, 4.69) is 15.0 Å². The monoisotopic (exact) mass is 382 g/mol. The Morgan fingerprint density at radius 2 is 1.96 bits per heavy atom. The van der Waals surface area contributed by atoms with Crippen LogP contribution in [0.2, 0.25) is 0 Å². The Morgan fingerprint density at radius 3 is 2.52 bits per heavy atom. The van der Waals surface area contributed by atoms with Gasteiger partial charge in [-0.1, -0.05) is 25.5 Å². The fourth-order valence-electron chi connectivity index (χ4n) is 2.26. The lowest BCUT2D eigenvalue weighted by Gasteiger charge is -2.21. The minimum atomic E-state index is -3.31. The van der Waals surface area contributed by atoms with Crippen LogP contribution in [0, 0.1) is 0 Å². The molecular weight excluding hydrogens is 360 g/mol. The molecule has 9 heteroatoms. The predicted octanol–water partition coefficient (Wildman–Crippen LogP) is 2.64. The van der Waals surface area contributed by atoms with Crippen molar-refractivity contribution in [3.05, 3.63) is 29.6 Å². The third-order valence-corrected chi connectivity index (χ3v) is 4.86. The Bertz CT molecular complexity index is 843. The SMILES string of the molecule is CCCC(C)(N)C(=O)Nc1nc(-c2ccc(NS(C)(=O)=O)cc2)cs1. The van der Waals surface area contributed by atoms with Gasteiger partial charge in [-0.2, -0.15) is 0 Å². The van der Waals surface area contributed by atoms with Crippen molar-refractivity contribution in [3.63, 3.8) is 0 Å². The number of hydrogen-bond donors (Lipinski definition) is 3. The number of nitrogens with zero attached hydrogens (tertiary/aromatic N) is 1. The molecule has 2 rings (SSSR count). The minimum absolute atomic E-state index is 0.261. The van der Waals surface area contributed by atoms with E-state index in [1.54, 1.807) is 31.2 Å². The summed E-state index contributed by atoms with van der Waals surface area (Å²) in [6.07, 6.45) is 2.50. The summed E-state index contributed by atoms with van der Waals surface area (Å²) < 4.78 is 24.8. The predicted molar refractivity (Wildman–Crippen MR) is 102 cm³/mol. The van der Waals surface area contributed by atoms with Gasteiger partial charge in [-0.15, -0.1) is 11.3 Å². The Labute approximate surface area is 151 Å². The second kappa shape index (κ2) is 7.51. The van der Waals surface area contributed by atoms with E-state index >= 15 is 0 Å². The zero-order valence-corrected chi connectivity index (χ0v) is 16.0. The highest BCUT2D eigenvalue weighted by Gasteiger charge is 2.27. The summed E-state index contributed by atoms with van der Waals surface area (Å²) in [5, 5.41) is 5.05. The molecule has 0 aliphatic carbocycles. The Hall–Kier alpha value is -1.97. The Balaban J connectivity index is 2.09. The van der Waals surface area contributed by atoms with Gasteiger partial charge in [-0.25, -0.2) is 13.4 Å². The lowest BCUT2D eigenvalue weighted by molar-refractivity contribution is -0.120. The maximum absolute atomic E-state index is 12.2. The molecule has 0 bridgehead atoms. The molecule has 0 aliphatic heterocycles. The lowest BCUT2D eigenvalue weighted by Crippen LogP contribution is -2.48. The van der Waals surface area contributed by atoms with Crippen LogP contribution in [0.25, 0.3) is 11.3 Å². The Kier molecular flexibility index (Phi) is 5.81. The van der Waals surface area contributed by atoms with Gasteiger partial charge in [0.25, 0.3) is 0 Å². The van der Waals surface area contributed by atoms with Crippen LogP contribution in [-0.2, 0) is 14.8 Å². The van der Waals surface area contributed by atoms with Gasteiger partial charge in [0.15, 0.2) is 5.13 Å². The number of sulfonamides is 1. The molecule has 1 heterocycles. The number of hydrogen-bond acceptors (Lipinski definition) is 6. The van der Waals surface area contributed by atoms with E-state index in [0.29, 0.717) is 22.9 Å². The van der Waals surface area contributed by atoms with Gasteiger partial charge in [0.1, 0.15) is 0 Å². The van der Waals surface area contributed by atoms with Gasteiger partial charge in [0.2, 0.25) is 15.9 Å². The number of thiazole rings is 1. The summed E-state index contributed by atoms with van der Waals surface area (Å²) in [6, 6.07) is 6.84. The highest BCUT2D eigenvalue weighted by atomic mass is 32.2. The third kappa shape index (κ3) is 5.52. The number of carbonyl (C=O) groups excluding carboxylic acids is 1. The lowest BCUT2D eigenvalue weighted by atomic mass is 9.97. The smallest absolute Gasteiger partial charge is 0.245 e. The van der Waals surface area contributed by atoms with E-state index in [4.69, 9.17) is 5.73 Å². The molecule has 25 heavy (non-hydrogen) atoms. The number of anilines is 2. The number of aromatic nitrogens is 1. The molecule has 4 N–H and O–H groups in total. The van der Waals surface area contributed by atoms with Crippen molar-refractivity contribution in [2.75, 3.05) is 16.3 Å². The van der Waals surface area contributed by atoms with E-state index in [9.17, 15) is 13.2 Å². The number of carbonyl (C=O) groups is 1. The molecule has 1 atom stereocenters. The van der Waals surface area contributed by atoms with Crippen LogP contribution in [0.3, 0.4) is 0 Å². The van der Waals surface area contributed by atoms with Crippen LogP contribution in [0.4, 0.5) is 10.8 Å². The molecule has 1 aromatic heterocycles. The molecule has 136 valence electrons. The average molecular weight is 383 g/mol. The highest BCUT2D eigenvalue weighted by Crippen LogP contribution is 2.26. The number of nitrogens with one attached hydrogen (secondary N) is 2. The molecule has 1 unspecified atom stereocenters. The number of amides is 1. The van der Waals surface area contributed by atoms with Gasteiger partial charge < -0.3 is 11.1 Å². The molecule has 1 amide bonds. The molecular formula is C16H22N4O3S2. The zero-order chi connectivity index (χ0) is 18.7. The fraction of sp³-hybridized carbons (Fsp3) is 0.375. The molecule has 0 spiro atoms. The quantitative estimate of drug-likeness (QED) is 0.681. The van der Waals surface area contributed by atoms with Crippen molar-refractivity contribution in [2.24, 2.45) is 5.73 Å². The molecule has 0 saturated carbocycles. The molecule has 0 radical (unpaired) electrons. The summed E-state index contributed by atoms with van der Waals surface area (Å²) in [5.41, 5.74) is 7.08. The zero-order valence-electron chi connectivity index (χ0n) is 14.4. The van der Waals surface area contributed by atoms with Crippen LogP contribution in [-0.4, -0.2) is 31.1 Å². The first-order valence-electron chi connectivity index (χ1n) is 7.75. The van der Waals surface area contributed by atoms with Crippen molar-refractivity contribution < 1.29 is 13.2 Å². The summed E-state index contributed by atoms with van der Waals surface area (Å²) >= 11 is 1.31. The third-order valence-electron chi connectivity index (χ3n) is 3.50. The van der Waals surface area contributed by atoms with Crippen molar-refractivity contribution in [3.8, 4) is 11.3 Å². The number of benzene rings is 1. The number of nitrogens with two attached hydrogens (primary N) is 1. The maximum Gasteiger partial charge on any atom is 0.245 e. The largest absolute Gasteiger partial charge is 0.318 e. The van der Waals surface area contributed by atoms with E-state index in [1.165, 1.54) is 11.3 Å². The van der Waals surface area contributed by atoms with Gasteiger partial charge in [0.05, 0.1) is 17.5 Å². The maximum atomic E-state index is 12.2. The van der Waals surface area contributed by atoms with Crippen molar-refractivity contribution >= 4 is 38.1 Å². The summed E-state index contributed by atoms with van der Waals surface area (Å²) in [4.78, 5) is 16.6. The molecule has 2 aromatic rings. The van der Waals surface area contributed by atoms with Crippen molar-refractivity contribution in [1.82, 2.24) is 4.98 Å². The summed E-state index contributed by atoms with van der Waals surface area (Å²) in [6.45, 7) is 3.68. The van der Waals surface area contributed by atoms with Gasteiger partial charge in [0, 0.05) is 16.6 Å². The fourth-order valence-corrected chi connectivity index (χ4v) is 3.54. The minimum Gasteiger partial charge on any atom is -0.318 e. The van der Waals surface area contributed by atoms with Crippen LogP contribution >= 0.6 is 11.3 Å². The average Bonchev–Trinajstić information content (AvgIpc) is 2.94. The second-order valence-electron chi connectivity index (χ2n) is 6.11. The molecule has 0 fully saturated rings. The summed E-state index contributed by atoms with van der Waals surface area (Å²) in [5.74, 6) is -0.261. The normalized spacial score (nSPS) is 13.9. The van der Waals surface area contributed by atoms with Crippen molar-refractivity contribution in [2.45, 2.75) is 32.2 Å². The van der Waals surface area contributed by atoms with Gasteiger partial charge >= 0.3 is 0 Å². The van der Waals surface area contributed by atoms with E-state index in [-0.39, 0.29) is 5.91 Å². The molecule has 0 saturated heterocycles. The number of rotatable bonds is 7. The van der Waals surface area contributed by atoms with Crippen LogP contribution in [0.15, 0.2) is 29.6 Å². The van der Waals surface area contributed by atoms with E-state index in [1.807, 2.05) is 12.3 Å². The second-order valence-corrected chi connectivity index (χ2v) is 8.72. The molecule has 1 aromatic carbocycles. The first-order chi connectivity index (χ1) is 11.6. The van der Waals surface area contributed by atoms with Crippen LogP contribution in [0.1, 0.15) is 26.7 Å². The standard InChI is InChI=1S/C16H22N4O3S2/c1-4-9-16(2,17)14(21)19-15-18-13(10-24-15)11-5-7-12(8-6-11)20-25(3,22)23/h5-8,10,20H,4,9,17H2,1-3H3,(H,18,19,21). The van der Waals surface area contributed by atoms with Gasteiger partial charge in [-0.3, -0.25) is 9.52 Å². The van der Waals surface area contributed by atoms with Crippen molar-refractivity contribution in [1.29, 1.82) is 0 Å². The van der Waals surface area contributed by atoms with Crippen LogP contribution in [0.5, 0.6) is 0 Å². The van der Waals surface area contributed by atoms with Gasteiger partial charge in [-0.05, 0) is 25.5 Å². The van der Waals surface area contributed by atoms with Crippen LogP contribution < -0.4 is 15.8 Å². The first-order valence-corrected chi connectivity index (χ1v) is 10.5. The Morgan fingerprint density at radius 1 is 1.32 bits per heavy atom.